The van der Waals surface area contributed by atoms with E-state index in [0.29, 0.717) is 11.7 Å². The van der Waals surface area contributed by atoms with Crippen LogP contribution >= 0.6 is 0 Å². The van der Waals surface area contributed by atoms with Gasteiger partial charge < -0.3 is 5.73 Å². The Morgan fingerprint density at radius 2 is 1.73 bits per heavy atom. The average Bonchev–Trinajstić information content (AvgIpc) is 2.20. The molecule has 1 aromatic rings. The minimum atomic E-state index is -0.793. The molecule has 1 rings (SSSR count). The smallest absolute Gasteiger partial charge is 0.0488 e. The summed E-state index contributed by atoms with van der Waals surface area (Å²) < 4.78 is 11.9. The number of benzene rings is 1. The predicted molar refractivity (Wildman–Crippen MR) is 67.0 cm³/mol. The van der Waals surface area contributed by atoms with E-state index in [4.69, 9.17) is 5.73 Å². The zero-order valence-electron chi connectivity index (χ0n) is 9.57. The summed E-state index contributed by atoms with van der Waals surface area (Å²) in [6.45, 7) is 6.25. The molecule has 0 bridgehead atoms. The molecule has 0 aliphatic rings. The SMILES string of the molecule is CC(C)C(C)S(=O)Cc1ccc(N)cc1. The van der Waals surface area contributed by atoms with E-state index in [1.54, 1.807) is 0 Å². The van der Waals surface area contributed by atoms with Crippen molar-refractivity contribution >= 4 is 16.5 Å². The molecule has 0 fully saturated rings. The van der Waals surface area contributed by atoms with Gasteiger partial charge in [-0.05, 0) is 23.6 Å². The Balaban J connectivity index is 2.62. The third-order valence-electron chi connectivity index (χ3n) is 2.64. The fraction of sp³-hybridized carbons (Fsp3) is 0.500. The first-order valence-electron chi connectivity index (χ1n) is 5.22. The van der Waals surface area contributed by atoms with Gasteiger partial charge in [0, 0.05) is 27.5 Å². The summed E-state index contributed by atoms with van der Waals surface area (Å²) in [6, 6.07) is 7.60. The quantitative estimate of drug-likeness (QED) is 0.800. The highest BCUT2D eigenvalue weighted by Crippen LogP contribution is 2.14. The van der Waals surface area contributed by atoms with Crippen molar-refractivity contribution in [2.45, 2.75) is 31.8 Å². The van der Waals surface area contributed by atoms with Crippen LogP contribution in [0.3, 0.4) is 0 Å². The van der Waals surface area contributed by atoms with E-state index in [1.165, 1.54) is 0 Å². The van der Waals surface area contributed by atoms with Gasteiger partial charge in [0.05, 0.1) is 0 Å². The lowest BCUT2D eigenvalue weighted by Crippen LogP contribution is -2.18. The molecule has 3 heteroatoms. The molecule has 84 valence electrons. The van der Waals surface area contributed by atoms with Crippen LogP contribution in [0, 0.1) is 5.92 Å². The maximum absolute atomic E-state index is 11.9. The van der Waals surface area contributed by atoms with Gasteiger partial charge in [-0.1, -0.05) is 32.9 Å². The van der Waals surface area contributed by atoms with Crippen LogP contribution in [0.2, 0.25) is 0 Å². The third-order valence-corrected chi connectivity index (χ3v) is 4.63. The van der Waals surface area contributed by atoms with E-state index >= 15 is 0 Å². The third kappa shape index (κ3) is 3.67. The Kier molecular flexibility index (Phi) is 4.33. The molecule has 2 unspecified atom stereocenters. The van der Waals surface area contributed by atoms with Gasteiger partial charge in [0.1, 0.15) is 0 Å². The summed E-state index contributed by atoms with van der Waals surface area (Å²) in [4.78, 5) is 0. The Morgan fingerprint density at radius 3 is 2.20 bits per heavy atom. The minimum Gasteiger partial charge on any atom is -0.399 e. The molecule has 0 saturated heterocycles. The number of hydrogen-bond donors (Lipinski definition) is 1. The van der Waals surface area contributed by atoms with Crippen molar-refractivity contribution in [3.63, 3.8) is 0 Å². The van der Waals surface area contributed by atoms with Gasteiger partial charge in [-0.2, -0.15) is 0 Å². The van der Waals surface area contributed by atoms with Crippen LogP contribution in [-0.4, -0.2) is 9.46 Å². The van der Waals surface area contributed by atoms with Gasteiger partial charge in [0.2, 0.25) is 0 Å². The Labute approximate surface area is 94.3 Å². The Bertz CT molecular complexity index is 332. The number of nitrogens with two attached hydrogens (primary N) is 1. The first-order valence-corrected chi connectivity index (χ1v) is 6.60. The molecular weight excluding hydrogens is 206 g/mol. The van der Waals surface area contributed by atoms with E-state index < -0.39 is 10.8 Å². The van der Waals surface area contributed by atoms with Gasteiger partial charge in [-0.3, -0.25) is 4.21 Å². The number of nitrogen functional groups attached to an aromatic ring is 1. The molecule has 0 heterocycles. The molecule has 2 nitrogen and oxygen atoms in total. The summed E-state index contributed by atoms with van der Waals surface area (Å²) in [7, 11) is -0.793. The summed E-state index contributed by atoms with van der Waals surface area (Å²) in [6.07, 6.45) is 0. The van der Waals surface area contributed by atoms with Crippen molar-refractivity contribution in [3.05, 3.63) is 29.8 Å². The van der Waals surface area contributed by atoms with E-state index in [9.17, 15) is 4.21 Å². The monoisotopic (exact) mass is 225 g/mol. The lowest BCUT2D eigenvalue weighted by atomic mass is 10.2. The van der Waals surface area contributed by atoms with Gasteiger partial charge >= 0.3 is 0 Å². The van der Waals surface area contributed by atoms with Crippen LogP contribution in [0.1, 0.15) is 26.3 Å². The zero-order valence-corrected chi connectivity index (χ0v) is 10.4. The van der Waals surface area contributed by atoms with Gasteiger partial charge in [-0.15, -0.1) is 0 Å². The first-order chi connectivity index (χ1) is 7.00. The number of rotatable bonds is 4. The molecule has 1 aromatic carbocycles. The zero-order chi connectivity index (χ0) is 11.4. The number of anilines is 1. The Hall–Kier alpha value is -0.830. The lowest BCUT2D eigenvalue weighted by molar-refractivity contribution is 0.605. The molecule has 0 aromatic heterocycles. The summed E-state index contributed by atoms with van der Waals surface area (Å²) in [5.74, 6) is 1.08. The molecule has 2 atom stereocenters. The van der Waals surface area contributed by atoms with Crippen LogP contribution in [0.5, 0.6) is 0 Å². The van der Waals surface area contributed by atoms with E-state index in [2.05, 4.69) is 13.8 Å². The molecule has 0 radical (unpaired) electrons. The molecule has 15 heavy (non-hydrogen) atoms. The highest BCUT2D eigenvalue weighted by molar-refractivity contribution is 7.84. The van der Waals surface area contributed by atoms with Crippen molar-refractivity contribution in [2.75, 3.05) is 5.73 Å². The molecule has 0 amide bonds. The van der Waals surface area contributed by atoms with Crippen molar-refractivity contribution in [3.8, 4) is 0 Å². The van der Waals surface area contributed by atoms with Crippen molar-refractivity contribution < 1.29 is 4.21 Å². The topological polar surface area (TPSA) is 43.1 Å². The largest absolute Gasteiger partial charge is 0.399 e. The van der Waals surface area contributed by atoms with Crippen molar-refractivity contribution in [1.82, 2.24) is 0 Å². The molecule has 0 spiro atoms. The first kappa shape index (κ1) is 12.2. The maximum atomic E-state index is 11.9. The highest BCUT2D eigenvalue weighted by Gasteiger charge is 2.14. The van der Waals surface area contributed by atoms with Crippen LogP contribution in [-0.2, 0) is 16.6 Å². The molecule has 0 aliphatic heterocycles. The van der Waals surface area contributed by atoms with Crippen LogP contribution in [0.25, 0.3) is 0 Å². The van der Waals surface area contributed by atoms with Gasteiger partial charge in [0.25, 0.3) is 0 Å². The van der Waals surface area contributed by atoms with E-state index in [1.807, 2.05) is 31.2 Å². The van der Waals surface area contributed by atoms with Gasteiger partial charge in [0.15, 0.2) is 0 Å². The standard InChI is InChI=1S/C12H19NOS/c1-9(2)10(3)15(14)8-11-4-6-12(13)7-5-11/h4-7,9-10H,8,13H2,1-3H3. The lowest BCUT2D eigenvalue weighted by Gasteiger charge is -2.14. The van der Waals surface area contributed by atoms with E-state index in [-0.39, 0.29) is 5.25 Å². The average molecular weight is 225 g/mol. The van der Waals surface area contributed by atoms with Crippen LogP contribution < -0.4 is 5.73 Å². The fourth-order valence-electron chi connectivity index (χ4n) is 1.21. The predicted octanol–water partition coefficient (Wildman–Crippen LogP) is 2.56. The second-order valence-electron chi connectivity index (χ2n) is 4.22. The summed E-state index contributed by atoms with van der Waals surface area (Å²) in [5.41, 5.74) is 7.43. The number of hydrogen-bond acceptors (Lipinski definition) is 2. The molecular formula is C12H19NOS. The molecule has 0 saturated carbocycles. The van der Waals surface area contributed by atoms with Crippen LogP contribution in [0.15, 0.2) is 24.3 Å². The highest BCUT2D eigenvalue weighted by atomic mass is 32.2. The second-order valence-corrected chi connectivity index (χ2v) is 6.01. The maximum Gasteiger partial charge on any atom is 0.0488 e. The summed E-state index contributed by atoms with van der Waals surface area (Å²) >= 11 is 0. The van der Waals surface area contributed by atoms with Crippen LogP contribution in [0.4, 0.5) is 5.69 Å². The molecule has 0 aliphatic carbocycles. The molecule has 2 N–H and O–H groups in total. The second kappa shape index (κ2) is 5.31. The normalized spacial score (nSPS) is 15.2. The Morgan fingerprint density at radius 1 is 1.20 bits per heavy atom. The summed E-state index contributed by atoms with van der Waals surface area (Å²) in [5, 5.41) is 0.238. The minimum absolute atomic E-state index is 0.238. The van der Waals surface area contributed by atoms with Crippen molar-refractivity contribution in [1.29, 1.82) is 0 Å². The van der Waals surface area contributed by atoms with Gasteiger partial charge in [-0.25, -0.2) is 0 Å². The van der Waals surface area contributed by atoms with E-state index in [0.717, 1.165) is 11.3 Å². The fourth-order valence-corrected chi connectivity index (χ4v) is 2.60. The van der Waals surface area contributed by atoms with Crippen molar-refractivity contribution in [2.24, 2.45) is 5.92 Å².